The molecule has 0 radical (unpaired) electrons. The van der Waals surface area contributed by atoms with Crippen molar-refractivity contribution in [2.75, 3.05) is 23.4 Å². The maximum absolute atomic E-state index is 13.0. The Morgan fingerprint density at radius 2 is 1.89 bits per heavy atom. The van der Waals surface area contributed by atoms with Gasteiger partial charge in [-0.15, -0.1) is 0 Å². The molecule has 0 bridgehead atoms. The van der Waals surface area contributed by atoms with Gasteiger partial charge in [0.1, 0.15) is 17.4 Å². The molecule has 4 aromatic rings. The monoisotopic (exact) mass is 501 g/mol. The van der Waals surface area contributed by atoms with Gasteiger partial charge in [0.05, 0.1) is 35.9 Å². The molecule has 0 aliphatic heterocycles. The van der Waals surface area contributed by atoms with Crippen molar-refractivity contribution in [3.8, 4) is 5.75 Å². The van der Waals surface area contributed by atoms with E-state index in [9.17, 15) is 9.59 Å². The van der Waals surface area contributed by atoms with Gasteiger partial charge in [-0.05, 0) is 55.5 Å². The average molecular weight is 502 g/mol. The first kappa shape index (κ1) is 25.2. The summed E-state index contributed by atoms with van der Waals surface area (Å²) < 4.78 is 5.67. The highest BCUT2D eigenvalue weighted by Gasteiger charge is 2.21. The SMILES string of the molecule is Cc1c(OC(=O)N(CCC(=O)O)c2cccnc2)ccc2[nH]c(CN(C)c3ccc(C(=N)N)cc3)nc12. The topological polar surface area (TPSA) is 162 Å². The first-order valence-electron chi connectivity index (χ1n) is 11.5. The lowest BCUT2D eigenvalue weighted by atomic mass is 10.2. The van der Waals surface area contributed by atoms with Gasteiger partial charge in [0.2, 0.25) is 0 Å². The number of nitrogens with zero attached hydrogens (tertiary/aromatic N) is 4. The summed E-state index contributed by atoms with van der Waals surface area (Å²) >= 11 is 0. The smallest absolute Gasteiger partial charge is 0.419 e. The number of carbonyl (C=O) groups is 2. The Bertz CT molecular complexity index is 1430. The quantitative estimate of drug-likeness (QED) is 0.199. The van der Waals surface area contributed by atoms with Gasteiger partial charge in [-0.25, -0.2) is 9.78 Å². The summed E-state index contributed by atoms with van der Waals surface area (Å²) in [6.45, 7) is 2.24. The molecule has 2 heterocycles. The molecule has 0 aliphatic carbocycles. The minimum Gasteiger partial charge on any atom is -0.481 e. The Morgan fingerprint density at radius 3 is 2.54 bits per heavy atom. The number of pyridine rings is 1. The standard InChI is InChI=1S/C26H27N7O4/c1-16-21(37-26(36)33(13-11-23(34)35)19-4-3-12-29-14-19)10-9-20-24(16)31-22(30-20)15-32(2)18-7-5-17(6-8-18)25(27)28/h3-10,12,14H,11,13,15H2,1-2H3,(H3,27,28)(H,30,31)(H,34,35). The lowest BCUT2D eigenvalue weighted by Crippen LogP contribution is -2.35. The first-order chi connectivity index (χ1) is 17.7. The van der Waals surface area contributed by atoms with Crippen molar-refractivity contribution in [1.29, 1.82) is 5.41 Å². The third-order valence-electron chi connectivity index (χ3n) is 5.84. The van der Waals surface area contributed by atoms with Crippen molar-refractivity contribution in [2.45, 2.75) is 19.9 Å². The molecule has 0 atom stereocenters. The van der Waals surface area contributed by atoms with E-state index in [4.69, 9.17) is 26.0 Å². The van der Waals surface area contributed by atoms with E-state index >= 15 is 0 Å². The molecule has 4 rings (SSSR count). The van der Waals surface area contributed by atoms with Gasteiger partial charge in [0.25, 0.3) is 0 Å². The van der Waals surface area contributed by atoms with Gasteiger partial charge in [0.15, 0.2) is 0 Å². The summed E-state index contributed by atoms with van der Waals surface area (Å²) in [6.07, 6.45) is 2.09. The summed E-state index contributed by atoms with van der Waals surface area (Å²) in [6, 6.07) is 14.2. The highest BCUT2D eigenvalue weighted by molar-refractivity contribution is 5.95. The molecule has 37 heavy (non-hydrogen) atoms. The number of carboxylic acids is 1. The van der Waals surface area contributed by atoms with Gasteiger partial charge >= 0.3 is 12.1 Å². The highest BCUT2D eigenvalue weighted by Crippen LogP contribution is 2.28. The number of hydrogen-bond donors (Lipinski definition) is 4. The van der Waals surface area contributed by atoms with Crippen LogP contribution < -0.4 is 20.3 Å². The van der Waals surface area contributed by atoms with Crippen LogP contribution >= 0.6 is 0 Å². The van der Waals surface area contributed by atoms with Crippen LogP contribution in [0, 0.1) is 12.3 Å². The second-order valence-corrected chi connectivity index (χ2v) is 8.46. The first-order valence-corrected chi connectivity index (χ1v) is 11.5. The van der Waals surface area contributed by atoms with E-state index in [0.717, 1.165) is 17.0 Å². The van der Waals surface area contributed by atoms with E-state index in [1.165, 1.54) is 11.1 Å². The molecule has 190 valence electrons. The number of aliphatic carboxylic acids is 1. The van der Waals surface area contributed by atoms with Crippen LogP contribution in [0.3, 0.4) is 0 Å². The van der Waals surface area contributed by atoms with E-state index in [2.05, 4.69) is 9.97 Å². The van der Waals surface area contributed by atoms with Gasteiger partial charge < -0.3 is 25.5 Å². The van der Waals surface area contributed by atoms with E-state index in [0.29, 0.717) is 34.6 Å². The van der Waals surface area contributed by atoms with Crippen molar-refractivity contribution >= 4 is 40.3 Å². The molecule has 11 heteroatoms. The molecule has 2 aromatic heterocycles. The van der Waals surface area contributed by atoms with E-state index < -0.39 is 12.1 Å². The predicted molar refractivity (Wildman–Crippen MR) is 140 cm³/mol. The molecule has 5 N–H and O–H groups in total. The van der Waals surface area contributed by atoms with Gasteiger partial charge in [0, 0.05) is 36.6 Å². The molecule has 1 amide bonds. The highest BCUT2D eigenvalue weighted by atomic mass is 16.6. The number of H-pyrrole nitrogens is 1. The number of nitrogens with two attached hydrogens (primary N) is 1. The number of ether oxygens (including phenoxy) is 1. The number of aromatic amines is 1. The number of hydrogen-bond acceptors (Lipinski definition) is 7. The van der Waals surface area contributed by atoms with Crippen molar-refractivity contribution < 1.29 is 19.4 Å². The summed E-state index contributed by atoms with van der Waals surface area (Å²) in [5, 5.41) is 16.6. The number of aromatic nitrogens is 3. The van der Waals surface area contributed by atoms with E-state index in [1.807, 2.05) is 31.0 Å². The maximum atomic E-state index is 13.0. The molecule has 11 nitrogen and oxygen atoms in total. The van der Waals surface area contributed by atoms with Crippen LogP contribution in [0.25, 0.3) is 11.0 Å². The number of benzene rings is 2. The van der Waals surface area contributed by atoms with Gasteiger partial charge in [-0.2, -0.15) is 0 Å². The average Bonchev–Trinajstić information content (AvgIpc) is 3.29. The van der Waals surface area contributed by atoms with Crippen LogP contribution in [0.2, 0.25) is 0 Å². The molecule has 0 saturated carbocycles. The van der Waals surface area contributed by atoms with Gasteiger partial charge in [-0.3, -0.25) is 20.1 Å². The maximum Gasteiger partial charge on any atom is 0.419 e. The number of carbonyl (C=O) groups excluding carboxylic acids is 1. The summed E-state index contributed by atoms with van der Waals surface area (Å²) in [7, 11) is 1.93. The minimum atomic E-state index is -1.02. The number of carboxylic acid groups (broad SMARTS) is 1. The number of nitrogens with one attached hydrogen (secondary N) is 2. The van der Waals surface area contributed by atoms with Crippen LogP contribution in [-0.2, 0) is 11.3 Å². The van der Waals surface area contributed by atoms with Crippen LogP contribution in [-0.4, -0.2) is 51.5 Å². The Hall–Kier alpha value is -4.93. The number of nitrogen functional groups attached to an aromatic ring is 1. The fraction of sp³-hybridized carbons (Fsp3) is 0.192. The number of amidine groups is 1. The van der Waals surface area contributed by atoms with Crippen molar-refractivity contribution in [3.05, 3.63) is 77.9 Å². The third kappa shape index (κ3) is 5.84. The molecule has 2 aromatic carbocycles. The second kappa shape index (κ2) is 10.8. The van der Waals surface area contributed by atoms with Gasteiger partial charge in [-0.1, -0.05) is 0 Å². The van der Waals surface area contributed by atoms with Crippen LogP contribution in [0.15, 0.2) is 60.9 Å². The van der Waals surface area contributed by atoms with Crippen LogP contribution in [0.4, 0.5) is 16.2 Å². The normalized spacial score (nSPS) is 10.8. The minimum absolute atomic E-state index is 0.0175. The lowest BCUT2D eigenvalue weighted by Gasteiger charge is -2.21. The molecule has 0 spiro atoms. The Balaban J connectivity index is 1.52. The number of anilines is 2. The lowest BCUT2D eigenvalue weighted by molar-refractivity contribution is -0.136. The summed E-state index contributed by atoms with van der Waals surface area (Å²) in [5.74, 6) is 0.0399. The summed E-state index contributed by atoms with van der Waals surface area (Å²) in [5.41, 5.74) is 9.70. The Morgan fingerprint density at radius 1 is 1.14 bits per heavy atom. The number of fused-ring (bicyclic) bond motifs is 1. The molecule has 0 saturated heterocycles. The number of imidazole rings is 1. The zero-order valence-corrected chi connectivity index (χ0v) is 20.4. The van der Waals surface area contributed by atoms with Crippen LogP contribution in [0.1, 0.15) is 23.4 Å². The number of amides is 1. The molecule has 0 unspecified atom stereocenters. The Labute approximate surface area is 213 Å². The van der Waals surface area contributed by atoms with E-state index in [-0.39, 0.29) is 18.8 Å². The largest absolute Gasteiger partial charge is 0.481 e. The Kier molecular flexibility index (Phi) is 7.33. The fourth-order valence-corrected chi connectivity index (χ4v) is 3.84. The zero-order valence-electron chi connectivity index (χ0n) is 20.4. The molecular weight excluding hydrogens is 474 g/mol. The number of aryl methyl sites for hydroxylation is 1. The molecule has 0 fully saturated rings. The van der Waals surface area contributed by atoms with E-state index in [1.54, 1.807) is 42.6 Å². The van der Waals surface area contributed by atoms with Crippen LogP contribution in [0.5, 0.6) is 5.75 Å². The second-order valence-electron chi connectivity index (χ2n) is 8.46. The third-order valence-corrected chi connectivity index (χ3v) is 5.84. The zero-order chi connectivity index (χ0) is 26.5. The molecule has 0 aliphatic rings. The fourth-order valence-electron chi connectivity index (χ4n) is 3.84. The molecular formula is C26H27N7O4. The van der Waals surface area contributed by atoms with Crippen molar-refractivity contribution in [1.82, 2.24) is 15.0 Å². The summed E-state index contributed by atoms with van der Waals surface area (Å²) in [4.78, 5) is 39.4. The van der Waals surface area contributed by atoms with Crippen molar-refractivity contribution in [3.63, 3.8) is 0 Å². The van der Waals surface area contributed by atoms with Crippen molar-refractivity contribution in [2.24, 2.45) is 5.73 Å². The number of rotatable bonds is 9. The predicted octanol–water partition coefficient (Wildman–Crippen LogP) is 3.67.